The number of carbonyl (C=O) groups excluding carboxylic acids is 1. The van der Waals surface area contributed by atoms with Crippen molar-refractivity contribution in [1.29, 1.82) is 0 Å². The molecule has 130 valence electrons. The van der Waals surface area contributed by atoms with Crippen LogP contribution in [-0.2, 0) is 16.8 Å². The third-order valence-corrected chi connectivity index (χ3v) is 4.33. The smallest absolute Gasteiger partial charge is 0.341 e. The summed E-state index contributed by atoms with van der Waals surface area (Å²) in [6.45, 7) is 6.18. The molecule has 24 heavy (non-hydrogen) atoms. The summed E-state index contributed by atoms with van der Waals surface area (Å²) < 4.78 is 7.22. The number of carbonyl (C=O) groups is 1. The average Bonchev–Trinajstić information content (AvgIpc) is 3.22. The number of nitrogens with zero attached hydrogens (tertiary/aromatic N) is 4. The molecule has 0 spiro atoms. The van der Waals surface area contributed by atoms with Crippen LogP contribution in [0.15, 0.2) is 12.4 Å². The minimum atomic E-state index is -0.384. The first-order chi connectivity index (χ1) is 11.4. The lowest BCUT2D eigenvalue weighted by molar-refractivity contribution is 0.0462. The molecule has 0 bridgehead atoms. The summed E-state index contributed by atoms with van der Waals surface area (Å²) in [5.74, 6) is 0.873. The van der Waals surface area contributed by atoms with Gasteiger partial charge >= 0.3 is 5.97 Å². The van der Waals surface area contributed by atoms with E-state index in [4.69, 9.17) is 4.74 Å². The van der Waals surface area contributed by atoms with Crippen LogP contribution in [0.5, 0.6) is 0 Å². The molecule has 0 atom stereocenters. The zero-order chi connectivity index (χ0) is 17.2. The molecule has 1 saturated carbocycles. The van der Waals surface area contributed by atoms with Crippen molar-refractivity contribution in [3.8, 4) is 0 Å². The van der Waals surface area contributed by atoms with E-state index in [-0.39, 0.29) is 18.0 Å². The molecule has 7 nitrogen and oxygen atoms in total. The van der Waals surface area contributed by atoms with Gasteiger partial charge in [0.25, 0.3) is 0 Å². The quantitative estimate of drug-likeness (QED) is 0.870. The fraction of sp³-hybridized carbons (Fsp3) is 0.647. The first kappa shape index (κ1) is 16.7. The van der Waals surface area contributed by atoms with Crippen molar-refractivity contribution >= 4 is 5.97 Å². The van der Waals surface area contributed by atoms with E-state index in [1.54, 1.807) is 12.4 Å². The van der Waals surface area contributed by atoms with Crippen molar-refractivity contribution < 1.29 is 9.53 Å². The number of aromatic nitrogens is 5. The lowest BCUT2D eigenvalue weighted by Crippen LogP contribution is -2.13. The summed E-state index contributed by atoms with van der Waals surface area (Å²) in [7, 11) is 0. The van der Waals surface area contributed by atoms with Crippen LogP contribution >= 0.6 is 0 Å². The fourth-order valence-corrected chi connectivity index (χ4v) is 2.90. The van der Waals surface area contributed by atoms with Gasteiger partial charge in [-0.1, -0.05) is 40.0 Å². The third-order valence-electron chi connectivity index (χ3n) is 4.33. The van der Waals surface area contributed by atoms with Crippen molar-refractivity contribution in [2.75, 3.05) is 0 Å². The molecular weight excluding hydrogens is 306 g/mol. The Bertz CT molecular complexity index is 692. The molecule has 7 heteroatoms. The van der Waals surface area contributed by atoms with Crippen molar-refractivity contribution in [2.24, 2.45) is 0 Å². The molecule has 1 aliphatic rings. The molecule has 0 saturated heterocycles. The lowest BCUT2D eigenvalue weighted by Gasteiger charge is -2.21. The second kappa shape index (κ2) is 6.75. The van der Waals surface area contributed by atoms with Crippen LogP contribution in [0.1, 0.15) is 80.9 Å². The molecule has 3 rings (SSSR count). The van der Waals surface area contributed by atoms with Crippen molar-refractivity contribution in [3.05, 3.63) is 29.6 Å². The second-order valence-corrected chi connectivity index (χ2v) is 7.43. The molecule has 0 aromatic carbocycles. The number of H-pyrrole nitrogens is 1. The minimum absolute atomic E-state index is 0.0799. The molecule has 1 aliphatic carbocycles. The predicted molar refractivity (Wildman–Crippen MR) is 88.6 cm³/mol. The van der Waals surface area contributed by atoms with Crippen LogP contribution in [0.25, 0.3) is 0 Å². The highest BCUT2D eigenvalue weighted by molar-refractivity contribution is 5.88. The summed E-state index contributed by atoms with van der Waals surface area (Å²) in [4.78, 5) is 16.5. The highest BCUT2D eigenvalue weighted by atomic mass is 16.5. The summed E-state index contributed by atoms with van der Waals surface area (Å²) in [5.41, 5.74) is 0.344. The molecular formula is C17H25N5O2. The number of ether oxygens (including phenoxy) is 1. The summed E-state index contributed by atoms with van der Waals surface area (Å²) in [6.07, 6.45) is 9.38. The maximum Gasteiger partial charge on any atom is 0.341 e. The molecule has 0 unspecified atom stereocenters. The molecule has 0 aliphatic heterocycles. The van der Waals surface area contributed by atoms with E-state index in [0.717, 1.165) is 12.8 Å². The van der Waals surface area contributed by atoms with Gasteiger partial charge in [-0.15, -0.1) is 0 Å². The Morgan fingerprint density at radius 2 is 2.08 bits per heavy atom. The standard InChI is InChI=1S/C17H25N5O2/c1-17(2,3)16-19-14(20-21-16)11-24-15(23)12-9-18-22(10-12)13-7-5-4-6-8-13/h9-10,13H,4-8,11H2,1-3H3,(H,19,20,21). The minimum Gasteiger partial charge on any atom is -0.454 e. The zero-order valence-corrected chi connectivity index (χ0v) is 14.6. The van der Waals surface area contributed by atoms with Crippen LogP contribution in [0.4, 0.5) is 0 Å². The topological polar surface area (TPSA) is 85.7 Å². The number of nitrogens with one attached hydrogen (secondary N) is 1. The molecule has 1 N–H and O–H groups in total. The summed E-state index contributed by atoms with van der Waals surface area (Å²) in [6, 6.07) is 0.406. The van der Waals surface area contributed by atoms with Gasteiger partial charge in [-0.2, -0.15) is 10.2 Å². The van der Waals surface area contributed by atoms with Crippen LogP contribution in [0.2, 0.25) is 0 Å². The molecule has 2 aromatic heterocycles. The van der Waals surface area contributed by atoms with Gasteiger partial charge in [0.1, 0.15) is 0 Å². The second-order valence-electron chi connectivity index (χ2n) is 7.43. The monoisotopic (exact) mass is 331 g/mol. The van der Waals surface area contributed by atoms with E-state index >= 15 is 0 Å². The number of esters is 1. The van der Waals surface area contributed by atoms with Crippen molar-refractivity contribution in [2.45, 2.75) is 70.9 Å². The van der Waals surface area contributed by atoms with E-state index in [2.05, 4.69) is 20.3 Å². The summed E-state index contributed by atoms with van der Waals surface area (Å²) >= 11 is 0. The largest absolute Gasteiger partial charge is 0.454 e. The van der Waals surface area contributed by atoms with Gasteiger partial charge in [-0.3, -0.25) is 9.78 Å². The SMILES string of the molecule is CC(C)(C)c1n[nH]c(COC(=O)c2cnn(C3CCCCC3)c2)n1. The summed E-state index contributed by atoms with van der Waals surface area (Å²) in [5, 5.41) is 11.3. The van der Waals surface area contributed by atoms with Crippen LogP contribution < -0.4 is 0 Å². The normalized spacial score (nSPS) is 16.3. The number of hydrogen-bond acceptors (Lipinski definition) is 5. The van der Waals surface area contributed by atoms with Crippen LogP contribution in [0, 0.1) is 0 Å². The predicted octanol–water partition coefficient (Wildman–Crippen LogP) is 3.16. The van der Waals surface area contributed by atoms with Crippen molar-refractivity contribution in [1.82, 2.24) is 25.0 Å². The third kappa shape index (κ3) is 3.83. The Kier molecular flexibility index (Phi) is 4.69. The van der Waals surface area contributed by atoms with Gasteiger partial charge in [0.05, 0.1) is 17.8 Å². The fourth-order valence-electron chi connectivity index (χ4n) is 2.90. The first-order valence-corrected chi connectivity index (χ1v) is 8.56. The Hall–Kier alpha value is -2.18. The van der Waals surface area contributed by atoms with Gasteiger partial charge < -0.3 is 4.74 Å². The zero-order valence-electron chi connectivity index (χ0n) is 14.6. The molecule has 1 fully saturated rings. The van der Waals surface area contributed by atoms with E-state index in [1.807, 2.05) is 25.5 Å². The molecule has 0 radical (unpaired) electrons. The Morgan fingerprint density at radius 3 is 2.75 bits per heavy atom. The molecule has 2 heterocycles. The Labute approximate surface area is 141 Å². The van der Waals surface area contributed by atoms with Gasteiger partial charge in [0, 0.05) is 11.6 Å². The van der Waals surface area contributed by atoms with E-state index in [1.165, 1.54) is 19.3 Å². The Morgan fingerprint density at radius 1 is 1.33 bits per heavy atom. The van der Waals surface area contributed by atoms with Gasteiger partial charge in [-0.25, -0.2) is 9.78 Å². The van der Waals surface area contributed by atoms with E-state index in [0.29, 0.717) is 23.3 Å². The number of rotatable bonds is 4. The first-order valence-electron chi connectivity index (χ1n) is 8.56. The maximum atomic E-state index is 12.2. The Balaban J connectivity index is 1.57. The molecule has 0 amide bonds. The highest BCUT2D eigenvalue weighted by Gasteiger charge is 2.21. The maximum absolute atomic E-state index is 12.2. The van der Waals surface area contributed by atoms with Crippen molar-refractivity contribution in [3.63, 3.8) is 0 Å². The van der Waals surface area contributed by atoms with Crippen LogP contribution in [0.3, 0.4) is 0 Å². The average molecular weight is 331 g/mol. The van der Waals surface area contributed by atoms with Gasteiger partial charge in [0.2, 0.25) is 0 Å². The number of hydrogen-bond donors (Lipinski definition) is 1. The van der Waals surface area contributed by atoms with E-state index < -0.39 is 0 Å². The van der Waals surface area contributed by atoms with Gasteiger partial charge in [0.15, 0.2) is 18.3 Å². The van der Waals surface area contributed by atoms with Gasteiger partial charge in [-0.05, 0) is 12.8 Å². The number of aromatic amines is 1. The van der Waals surface area contributed by atoms with E-state index in [9.17, 15) is 4.79 Å². The highest BCUT2D eigenvalue weighted by Crippen LogP contribution is 2.27. The molecule has 2 aromatic rings. The lowest BCUT2D eigenvalue weighted by atomic mass is 9.96. The van der Waals surface area contributed by atoms with Crippen LogP contribution in [-0.4, -0.2) is 30.9 Å².